The van der Waals surface area contributed by atoms with Crippen LogP contribution in [0, 0.1) is 0 Å². The molecule has 0 unspecified atom stereocenters. The average molecular weight is 272 g/mol. The van der Waals surface area contributed by atoms with Crippen molar-refractivity contribution in [2.75, 3.05) is 44.2 Å². The van der Waals surface area contributed by atoms with Crippen molar-refractivity contribution in [2.24, 2.45) is 0 Å². The van der Waals surface area contributed by atoms with E-state index in [9.17, 15) is 0 Å². The predicted octanol–water partition coefficient (Wildman–Crippen LogP) is 1.21. The van der Waals surface area contributed by atoms with Crippen molar-refractivity contribution < 1.29 is 4.74 Å². The molecule has 1 saturated carbocycles. The summed E-state index contributed by atoms with van der Waals surface area (Å²) in [5.41, 5.74) is 0. The van der Waals surface area contributed by atoms with Crippen LogP contribution in [0.25, 0.3) is 0 Å². The van der Waals surface area contributed by atoms with Crippen molar-refractivity contribution in [3.63, 3.8) is 0 Å². The highest BCUT2D eigenvalue weighted by atomic mass is 35.5. The van der Waals surface area contributed by atoms with Crippen molar-refractivity contribution >= 4 is 23.5 Å². The molecule has 0 saturated heterocycles. The zero-order chi connectivity index (χ0) is 13.1. The molecule has 1 aromatic rings. The maximum atomic E-state index is 5.95. The molecule has 1 aliphatic carbocycles. The summed E-state index contributed by atoms with van der Waals surface area (Å²) >= 11 is 5.95. The molecule has 1 aromatic heterocycles. The van der Waals surface area contributed by atoms with Crippen molar-refractivity contribution in [2.45, 2.75) is 18.9 Å². The lowest BCUT2D eigenvalue weighted by atomic mass is 10.5. The number of anilines is 2. The number of halogens is 1. The molecule has 0 aromatic carbocycles. The van der Waals surface area contributed by atoms with Gasteiger partial charge < -0.3 is 14.5 Å². The van der Waals surface area contributed by atoms with Gasteiger partial charge in [-0.1, -0.05) is 0 Å². The predicted molar refractivity (Wildman–Crippen MR) is 71.4 cm³/mol. The first kappa shape index (κ1) is 13.3. The lowest BCUT2D eigenvalue weighted by molar-refractivity contribution is 0.204. The molecule has 0 radical (unpaired) electrons. The molecule has 0 bridgehead atoms. The standard InChI is InChI=1S/C11H18ClN5O/c1-16(2)10-13-9(12)14-11(15-10)17(6-7-18-3)8-4-5-8/h8H,4-7H2,1-3H3. The number of rotatable bonds is 6. The van der Waals surface area contributed by atoms with Crippen LogP contribution >= 0.6 is 11.6 Å². The molecule has 0 amide bonds. The molecule has 7 heteroatoms. The Morgan fingerprint density at radius 2 is 1.89 bits per heavy atom. The van der Waals surface area contributed by atoms with Crippen molar-refractivity contribution in [1.82, 2.24) is 15.0 Å². The van der Waals surface area contributed by atoms with E-state index in [1.807, 2.05) is 19.0 Å². The molecule has 0 spiro atoms. The smallest absolute Gasteiger partial charge is 0.231 e. The molecule has 1 aliphatic rings. The van der Waals surface area contributed by atoms with Crippen molar-refractivity contribution in [3.8, 4) is 0 Å². The molecule has 18 heavy (non-hydrogen) atoms. The summed E-state index contributed by atoms with van der Waals surface area (Å²) in [6, 6.07) is 0.508. The van der Waals surface area contributed by atoms with E-state index in [1.54, 1.807) is 7.11 Å². The Morgan fingerprint density at radius 1 is 1.22 bits per heavy atom. The first-order valence-electron chi connectivity index (χ1n) is 5.96. The third-order valence-corrected chi connectivity index (χ3v) is 2.93. The minimum absolute atomic E-state index is 0.228. The van der Waals surface area contributed by atoms with Gasteiger partial charge in [-0.3, -0.25) is 0 Å². The number of hydrogen-bond acceptors (Lipinski definition) is 6. The van der Waals surface area contributed by atoms with E-state index in [0.29, 0.717) is 24.5 Å². The summed E-state index contributed by atoms with van der Waals surface area (Å²) in [7, 11) is 5.45. The molecular weight excluding hydrogens is 254 g/mol. The molecule has 1 heterocycles. The molecule has 6 nitrogen and oxygen atoms in total. The summed E-state index contributed by atoms with van der Waals surface area (Å²) in [5, 5.41) is 0.228. The fraction of sp³-hybridized carbons (Fsp3) is 0.727. The van der Waals surface area contributed by atoms with Gasteiger partial charge in [0.2, 0.25) is 17.2 Å². The molecule has 100 valence electrons. The average Bonchev–Trinajstić information content (AvgIpc) is 3.13. The maximum absolute atomic E-state index is 5.95. The van der Waals surface area contributed by atoms with Crippen LogP contribution in [0.2, 0.25) is 5.28 Å². The van der Waals surface area contributed by atoms with Crippen molar-refractivity contribution in [3.05, 3.63) is 5.28 Å². The zero-order valence-electron chi connectivity index (χ0n) is 10.9. The lowest BCUT2D eigenvalue weighted by Crippen LogP contribution is -2.31. The minimum atomic E-state index is 0.228. The number of ether oxygens (including phenoxy) is 1. The van der Waals surface area contributed by atoms with E-state index >= 15 is 0 Å². The van der Waals surface area contributed by atoms with Gasteiger partial charge in [0, 0.05) is 33.8 Å². The van der Waals surface area contributed by atoms with Gasteiger partial charge in [0.25, 0.3) is 0 Å². The van der Waals surface area contributed by atoms with Crippen molar-refractivity contribution in [1.29, 1.82) is 0 Å². The summed E-state index contributed by atoms with van der Waals surface area (Å²) in [6.07, 6.45) is 2.34. The largest absolute Gasteiger partial charge is 0.383 e. The minimum Gasteiger partial charge on any atom is -0.383 e. The van der Waals surface area contributed by atoms with E-state index in [-0.39, 0.29) is 5.28 Å². The Kier molecular flexibility index (Phi) is 4.19. The molecule has 1 fully saturated rings. The zero-order valence-corrected chi connectivity index (χ0v) is 11.7. The third kappa shape index (κ3) is 3.20. The first-order chi connectivity index (χ1) is 8.61. The number of methoxy groups -OCH3 is 1. The molecule has 0 aliphatic heterocycles. The fourth-order valence-corrected chi connectivity index (χ4v) is 1.83. The van der Waals surface area contributed by atoms with Crippen LogP contribution in [0.3, 0.4) is 0 Å². The van der Waals surface area contributed by atoms with Crippen LogP contribution in [-0.2, 0) is 4.74 Å². The second-order valence-electron chi connectivity index (χ2n) is 4.52. The Hall–Kier alpha value is -1.14. The quantitative estimate of drug-likeness (QED) is 0.775. The Morgan fingerprint density at radius 3 is 2.44 bits per heavy atom. The Bertz CT molecular complexity index is 410. The van der Waals surface area contributed by atoms with Gasteiger partial charge in [-0.05, 0) is 24.4 Å². The maximum Gasteiger partial charge on any atom is 0.231 e. The topological polar surface area (TPSA) is 54.4 Å². The van der Waals surface area contributed by atoms with E-state index in [1.165, 1.54) is 12.8 Å². The van der Waals surface area contributed by atoms with Gasteiger partial charge in [-0.15, -0.1) is 0 Å². The third-order valence-electron chi connectivity index (χ3n) is 2.77. The van der Waals surface area contributed by atoms with E-state index in [2.05, 4.69) is 19.9 Å². The van der Waals surface area contributed by atoms with Crippen LogP contribution in [0.15, 0.2) is 0 Å². The van der Waals surface area contributed by atoms with Crippen LogP contribution in [0.1, 0.15) is 12.8 Å². The second-order valence-corrected chi connectivity index (χ2v) is 4.85. The van der Waals surface area contributed by atoms with E-state index in [0.717, 1.165) is 6.54 Å². The fourth-order valence-electron chi connectivity index (χ4n) is 1.68. The highest BCUT2D eigenvalue weighted by Gasteiger charge is 2.31. The number of hydrogen-bond donors (Lipinski definition) is 0. The van der Waals surface area contributed by atoms with E-state index < -0.39 is 0 Å². The van der Waals surface area contributed by atoms with Gasteiger partial charge in [0.05, 0.1) is 6.61 Å². The van der Waals surface area contributed by atoms with Gasteiger partial charge >= 0.3 is 0 Å². The summed E-state index contributed by atoms with van der Waals surface area (Å²) in [6.45, 7) is 1.42. The highest BCUT2D eigenvalue weighted by Crippen LogP contribution is 2.30. The number of aromatic nitrogens is 3. The summed E-state index contributed by atoms with van der Waals surface area (Å²) in [5.74, 6) is 1.21. The van der Waals surface area contributed by atoms with Crippen LogP contribution in [0.5, 0.6) is 0 Å². The van der Waals surface area contributed by atoms with Gasteiger partial charge in [0.1, 0.15) is 0 Å². The monoisotopic (exact) mass is 271 g/mol. The van der Waals surface area contributed by atoms with Gasteiger partial charge in [-0.25, -0.2) is 0 Å². The van der Waals surface area contributed by atoms with E-state index in [4.69, 9.17) is 16.3 Å². The van der Waals surface area contributed by atoms with Gasteiger partial charge in [0.15, 0.2) is 0 Å². The van der Waals surface area contributed by atoms with Crippen LogP contribution in [0.4, 0.5) is 11.9 Å². The summed E-state index contributed by atoms with van der Waals surface area (Å²) in [4.78, 5) is 16.7. The summed E-state index contributed by atoms with van der Waals surface area (Å²) < 4.78 is 5.12. The molecule has 0 N–H and O–H groups in total. The van der Waals surface area contributed by atoms with Crippen LogP contribution in [-0.4, -0.2) is 55.4 Å². The normalized spacial score (nSPS) is 14.7. The molecular formula is C11H18ClN5O. The highest BCUT2D eigenvalue weighted by molar-refractivity contribution is 6.28. The SMILES string of the molecule is COCCN(c1nc(Cl)nc(N(C)C)n1)C1CC1. The second kappa shape index (κ2) is 5.67. The molecule has 2 rings (SSSR count). The Balaban J connectivity index is 2.23. The first-order valence-corrected chi connectivity index (χ1v) is 6.34. The number of nitrogens with zero attached hydrogens (tertiary/aromatic N) is 5. The van der Waals surface area contributed by atoms with Crippen LogP contribution < -0.4 is 9.80 Å². The Labute approximate surface area is 112 Å². The lowest BCUT2D eigenvalue weighted by Gasteiger charge is -2.23. The molecule has 0 atom stereocenters. The van der Waals surface area contributed by atoms with Gasteiger partial charge in [-0.2, -0.15) is 15.0 Å².